The summed E-state index contributed by atoms with van der Waals surface area (Å²) >= 11 is 0. The summed E-state index contributed by atoms with van der Waals surface area (Å²) in [6.45, 7) is 9.47. The molecule has 0 aliphatic carbocycles. The second-order valence-electron chi connectivity index (χ2n) is 8.14. The Labute approximate surface area is 193 Å². The van der Waals surface area contributed by atoms with Crippen molar-refractivity contribution in [2.24, 2.45) is 0 Å². The number of aromatic nitrogens is 1. The highest BCUT2D eigenvalue weighted by atomic mass is 19.1. The first-order chi connectivity index (χ1) is 15.9. The SMILES string of the molecule is CCOc1ccc(-c2nc(CN3CCN(C(=O)Nc4ccc(C)c(F)c4)CC3)c(C)o2)cc1. The molecule has 33 heavy (non-hydrogen) atoms. The minimum absolute atomic E-state index is 0.215. The number of hydrogen-bond donors (Lipinski definition) is 1. The van der Waals surface area contributed by atoms with Gasteiger partial charge in [0.05, 0.1) is 12.3 Å². The average Bonchev–Trinajstić information content (AvgIpc) is 3.17. The van der Waals surface area contributed by atoms with E-state index in [1.54, 1.807) is 24.0 Å². The molecule has 1 aliphatic rings. The third-order valence-corrected chi connectivity index (χ3v) is 5.76. The van der Waals surface area contributed by atoms with E-state index in [-0.39, 0.29) is 11.8 Å². The number of halogens is 1. The maximum Gasteiger partial charge on any atom is 0.321 e. The Hall–Kier alpha value is -3.39. The topological polar surface area (TPSA) is 70.8 Å². The van der Waals surface area contributed by atoms with Crippen molar-refractivity contribution in [1.29, 1.82) is 0 Å². The van der Waals surface area contributed by atoms with Crippen molar-refractivity contribution in [3.8, 4) is 17.2 Å². The van der Waals surface area contributed by atoms with Gasteiger partial charge >= 0.3 is 6.03 Å². The Bertz CT molecular complexity index is 1110. The average molecular weight is 453 g/mol. The first-order valence-electron chi connectivity index (χ1n) is 11.2. The number of benzene rings is 2. The predicted octanol–water partition coefficient (Wildman–Crippen LogP) is 4.85. The summed E-state index contributed by atoms with van der Waals surface area (Å²) in [5.41, 5.74) is 2.81. The Morgan fingerprint density at radius 2 is 1.85 bits per heavy atom. The number of rotatable bonds is 6. The summed E-state index contributed by atoms with van der Waals surface area (Å²) in [4.78, 5) is 21.2. The highest BCUT2D eigenvalue weighted by Gasteiger charge is 2.23. The Morgan fingerprint density at radius 3 is 2.52 bits per heavy atom. The van der Waals surface area contributed by atoms with Gasteiger partial charge in [-0.05, 0) is 62.7 Å². The minimum atomic E-state index is -0.329. The van der Waals surface area contributed by atoms with Gasteiger partial charge in [-0.15, -0.1) is 0 Å². The van der Waals surface area contributed by atoms with E-state index in [4.69, 9.17) is 14.1 Å². The lowest BCUT2D eigenvalue weighted by atomic mass is 10.2. The highest BCUT2D eigenvalue weighted by molar-refractivity contribution is 5.89. The summed E-state index contributed by atoms with van der Waals surface area (Å²) in [6, 6.07) is 12.2. The molecule has 4 rings (SSSR count). The van der Waals surface area contributed by atoms with E-state index in [1.165, 1.54) is 6.07 Å². The van der Waals surface area contributed by atoms with Gasteiger partial charge in [0.15, 0.2) is 0 Å². The fourth-order valence-electron chi connectivity index (χ4n) is 3.75. The van der Waals surface area contributed by atoms with E-state index >= 15 is 0 Å². The van der Waals surface area contributed by atoms with Gasteiger partial charge in [0, 0.05) is 44.0 Å². The molecule has 2 aromatic carbocycles. The zero-order valence-electron chi connectivity index (χ0n) is 19.2. The van der Waals surface area contributed by atoms with Gasteiger partial charge in [0.2, 0.25) is 5.89 Å². The van der Waals surface area contributed by atoms with E-state index in [0.717, 1.165) is 35.9 Å². The van der Waals surface area contributed by atoms with Crippen LogP contribution in [0.3, 0.4) is 0 Å². The van der Waals surface area contributed by atoms with Crippen LogP contribution in [0.1, 0.15) is 23.9 Å². The maximum atomic E-state index is 13.7. The first-order valence-corrected chi connectivity index (χ1v) is 11.2. The lowest BCUT2D eigenvalue weighted by Crippen LogP contribution is -2.49. The number of carbonyl (C=O) groups is 1. The number of urea groups is 1. The van der Waals surface area contributed by atoms with E-state index < -0.39 is 0 Å². The molecular formula is C25H29FN4O3. The van der Waals surface area contributed by atoms with Crippen LogP contribution in [0.15, 0.2) is 46.9 Å². The van der Waals surface area contributed by atoms with E-state index in [0.29, 0.717) is 43.4 Å². The molecule has 0 unspecified atom stereocenters. The summed E-state index contributed by atoms with van der Waals surface area (Å²) in [7, 11) is 0. The van der Waals surface area contributed by atoms with Gasteiger partial charge in [-0.2, -0.15) is 0 Å². The third kappa shape index (κ3) is 5.51. The second-order valence-corrected chi connectivity index (χ2v) is 8.14. The van der Waals surface area contributed by atoms with Crippen LogP contribution in [0.5, 0.6) is 5.75 Å². The highest BCUT2D eigenvalue weighted by Crippen LogP contribution is 2.25. The van der Waals surface area contributed by atoms with Crippen molar-refractivity contribution in [3.05, 3.63) is 65.3 Å². The number of amides is 2. The second kappa shape index (κ2) is 10.0. The van der Waals surface area contributed by atoms with Crippen LogP contribution in [-0.4, -0.2) is 53.6 Å². The van der Waals surface area contributed by atoms with Crippen LogP contribution in [0.25, 0.3) is 11.5 Å². The van der Waals surface area contributed by atoms with Crippen molar-refractivity contribution in [1.82, 2.24) is 14.8 Å². The van der Waals surface area contributed by atoms with Gasteiger partial charge in [-0.25, -0.2) is 14.2 Å². The number of anilines is 1. The Balaban J connectivity index is 1.31. The van der Waals surface area contributed by atoms with Crippen molar-refractivity contribution >= 4 is 11.7 Å². The van der Waals surface area contributed by atoms with Gasteiger partial charge < -0.3 is 19.4 Å². The molecule has 174 valence electrons. The lowest BCUT2D eigenvalue weighted by molar-refractivity contribution is 0.141. The molecule has 0 radical (unpaired) electrons. The van der Waals surface area contributed by atoms with Gasteiger partial charge in [-0.1, -0.05) is 6.07 Å². The molecule has 0 bridgehead atoms. The fourth-order valence-corrected chi connectivity index (χ4v) is 3.75. The number of nitrogens with zero attached hydrogens (tertiary/aromatic N) is 3. The molecule has 7 nitrogen and oxygen atoms in total. The molecule has 3 aromatic rings. The molecular weight excluding hydrogens is 423 g/mol. The lowest BCUT2D eigenvalue weighted by Gasteiger charge is -2.34. The molecule has 1 aliphatic heterocycles. The van der Waals surface area contributed by atoms with Crippen LogP contribution in [0.4, 0.5) is 14.9 Å². The molecule has 1 fully saturated rings. The minimum Gasteiger partial charge on any atom is -0.494 e. The predicted molar refractivity (Wildman–Crippen MR) is 125 cm³/mol. The van der Waals surface area contributed by atoms with Crippen LogP contribution in [0, 0.1) is 19.7 Å². The summed E-state index contributed by atoms with van der Waals surface area (Å²) in [5.74, 6) is 1.87. The quantitative estimate of drug-likeness (QED) is 0.579. The van der Waals surface area contributed by atoms with Crippen molar-refractivity contribution in [2.45, 2.75) is 27.3 Å². The number of aryl methyl sites for hydroxylation is 2. The Morgan fingerprint density at radius 1 is 1.12 bits per heavy atom. The number of oxazole rings is 1. The van der Waals surface area contributed by atoms with Gasteiger partial charge in [0.25, 0.3) is 0 Å². The molecule has 1 saturated heterocycles. The molecule has 8 heteroatoms. The van der Waals surface area contributed by atoms with Crippen LogP contribution < -0.4 is 10.1 Å². The number of ether oxygens (including phenoxy) is 1. The summed E-state index contributed by atoms with van der Waals surface area (Å²) < 4.78 is 25.1. The smallest absolute Gasteiger partial charge is 0.321 e. The van der Waals surface area contributed by atoms with Crippen molar-refractivity contribution < 1.29 is 18.3 Å². The molecule has 0 saturated carbocycles. The van der Waals surface area contributed by atoms with E-state index in [1.807, 2.05) is 38.1 Å². The zero-order chi connectivity index (χ0) is 23.4. The zero-order valence-corrected chi connectivity index (χ0v) is 19.2. The molecule has 0 atom stereocenters. The van der Waals surface area contributed by atoms with Crippen LogP contribution >= 0.6 is 0 Å². The molecule has 1 aromatic heterocycles. The number of hydrogen-bond acceptors (Lipinski definition) is 5. The van der Waals surface area contributed by atoms with Crippen LogP contribution in [0.2, 0.25) is 0 Å². The van der Waals surface area contributed by atoms with Crippen LogP contribution in [-0.2, 0) is 6.54 Å². The maximum absolute atomic E-state index is 13.7. The monoisotopic (exact) mass is 452 g/mol. The standard InChI is InChI=1S/C25H29FN4O3/c1-4-32-21-9-6-19(7-10-21)24-28-23(18(3)33-24)16-29-11-13-30(14-12-29)25(31)27-20-8-5-17(2)22(26)15-20/h5-10,15H,4,11-14,16H2,1-3H3,(H,27,31). The largest absolute Gasteiger partial charge is 0.494 e. The van der Waals surface area contributed by atoms with Crippen molar-refractivity contribution in [2.75, 3.05) is 38.1 Å². The molecule has 2 amide bonds. The third-order valence-electron chi connectivity index (χ3n) is 5.76. The van der Waals surface area contributed by atoms with E-state index in [9.17, 15) is 9.18 Å². The summed E-state index contributed by atoms with van der Waals surface area (Å²) in [6.07, 6.45) is 0. The number of piperazine rings is 1. The number of nitrogens with one attached hydrogen (secondary N) is 1. The van der Waals surface area contributed by atoms with Gasteiger partial charge in [0.1, 0.15) is 17.3 Å². The molecule has 0 spiro atoms. The fraction of sp³-hybridized carbons (Fsp3) is 0.360. The molecule has 2 heterocycles. The molecule has 1 N–H and O–H groups in total. The first kappa shape index (κ1) is 22.8. The number of carbonyl (C=O) groups excluding carboxylic acids is 1. The Kier molecular flexibility index (Phi) is 6.93. The van der Waals surface area contributed by atoms with Gasteiger partial charge in [-0.3, -0.25) is 4.90 Å². The normalized spacial score (nSPS) is 14.4. The van der Waals surface area contributed by atoms with E-state index in [2.05, 4.69) is 10.2 Å². The summed E-state index contributed by atoms with van der Waals surface area (Å²) in [5, 5.41) is 2.78. The van der Waals surface area contributed by atoms with Crippen molar-refractivity contribution in [3.63, 3.8) is 0 Å².